The van der Waals surface area contributed by atoms with Crippen molar-refractivity contribution < 1.29 is 28.6 Å². The lowest BCUT2D eigenvalue weighted by Crippen LogP contribution is -2.57. The second-order valence-electron chi connectivity index (χ2n) is 13.1. The molecule has 1 N–H and O–H groups in total. The van der Waals surface area contributed by atoms with Crippen LogP contribution in [0.2, 0.25) is 0 Å². The fourth-order valence-electron chi connectivity index (χ4n) is 6.28. The molecule has 2 aromatic rings. The lowest BCUT2D eigenvalue weighted by atomic mass is 9.85. The molecule has 2 bridgehead atoms. The Morgan fingerprint density at radius 1 is 1.10 bits per heavy atom. The van der Waals surface area contributed by atoms with E-state index in [1.165, 1.54) is 6.92 Å². The highest BCUT2D eigenvalue weighted by Crippen LogP contribution is 2.39. The molecule has 10 nitrogen and oxygen atoms in total. The molecule has 1 saturated carbocycles. The smallest absolute Gasteiger partial charge is 0.408 e. The first-order chi connectivity index (χ1) is 20.0. The molecule has 2 fully saturated rings. The highest BCUT2D eigenvalue weighted by atomic mass is 16.6. The monoisotopic (exact) mass is 580 g/mol. The van der Waals surface area contributed by atoms with Crippen molar-refractivity contribution in [2.75, 3.05) is 13.2 Å². The van der Waals surface area contributed by atoms with Crippen LogP contribution in [0.5, 0.6) is 11.6 Å². The number of ketones is 1. The van der Waals surface area contributed by atoms with Gasteiger partial charge in [-0.1, -0.05) is 40.5 Å². The van der Waals surface area contributed by atoms with Gasteiger partial charge in [-0.05, 0) is 63.0 Å². The Bertz CT molecular complexity index is 1340. The van der Waals surface area contributed by atoms with Gasteiger partial charge in [-0.2, -0.15) is 0 Å². The lowest BCUT2D eigenvalue weighted by molar-refractivity contribution is -0.141. The maximum Gasteiger partial charge on any atom is 0.408 e. The summed E-state index contributed by atoms with van der Waals surface area (Å²) in [6, 6.07) is 4.10. The number of hydrogen-bond acceptors (Lipinski definition) is 8. The third kappa shape index (κ3) is 6.47. The molecule has 0 unspecified atom stereocenters. The van der Waals surface area contributed by atoms with Crippen LogP contribution in [-0.4, -0.2) is 70.1 Å². The van der Waals surface area contributed by atoms with E-state index in [0.717, 1.165) is 43.3 Å². The molecule has 1 aliphatic carbocycles. The number of aryl methyl sites for hydroxylation is 1. The third-order valence-electron chi connectivity index (χ3n) is 8.72. The van der Waals surface area contributed by atoms with Crippen LogP contribution in [0.1, 0.15) is 79.3 Å². The molecular weight excluding hydrogens is 536 g/mol. The van der Waals surface area contributed by atoms with Crippen molar-refractivity contribution >= 4 is 28.8 Å². The highest BCUT2D eigenvalue weighted by Gasteiger charge is 2.49. The van der Waals surface area contributed by atoms with E-state index < -0.39 is 29.7 Å². The summed E-state index contributed by atoms with van der Waals surface area (Å²) < 4.78 is 17.9. The Kier molecular flexibility index (Phi) is 8.62. The molecule has 6 atom stereocenters. The van der Waals surface area contributed by atoms with Gasteiger partial charge in [-0.25, -0.2) is 14.8 Å². The summed E-state index contributed by atoms with van der Waals surface area (Å²) >= 11 is 0. The van der Waals surface area contributed by atoms with Gasteiger partial charge >= 0.3 is 6.09 Å². The number of hydrogen-bond donors (Lipinski definition) is 1. The summed E-state index contributed by atoms with van der Waals surface area (Å²) in [6.07, 6.45) is 4.30. The molecule has 2 aliphatic heterocycles. The maximum absolute atomic E-state index is 14.1. The van der Waals surface area contributed by atoms with Gasteiger partial charge in [0.1, 0.15) is 29.7 Å². The summed E-state index contributed by atoms with van der Waals surface area (Å²) in [5, 5.41) is 2.84. The van der Waals surface area contributed by atoms with Gasteiger partial charge in [0.05, 0.1) is 30.2 Å². The molecule has 3 heterocycles. The van der Waals surface area contributed by atoms with Crippen LogP contribution < -0.4 is 14.8 Å². The predicted octanol–water partition coefficient (Wildman–Crippen LogP) is 4.86. The number of ether oxygens (including phenoxy) is 3. The molecule has 228 valence electrons. The van der Waals surface area contributed by atoms with E-state index in [4.69, 9.17) is 24.2 Å². The van der Waals surface area contributed by atoms with Crippen molar-refractivity contribution in [3.63, 3.8) is 0 Å². The van der Waals surface area contributed by atoms with Gasteiger partial charge in [0.2, 0.25) is 11.8 Å². The number of nitrogens with zero attached hydrogens (tertiary/aromatic N) is 3. The highest BCUT2D eigenvalue weighted by molar-refractivity contribution is 5.92. The first-order valence-electron chi connectivity index (χ1n) is 15.3. The summed E-state index contributed by atoms with van der Waals surface area (Å²) in [4.78, 5) is 51.3. The third-order valence-corrected chi connectivity index (χ3v) is 8.72. The molecule has 5 rings (SSSR count). The molecule has 0 spiro atoms. The van der Waals surface area contributed by atoms with Crippen molar-refractivity contribution in [1.29, 1.82) is 0 Å². The maximum atomic E-state index is 14.1. The average Bonchev–Trinajstić information content (AvgIpc) is 3.56. The van der Waals surface area contributed by atoms with Crippen molar-refractivity contribution in [3.8, 4) is 11.6 Å². The van der Waals surface area contributed by atoms with E-state index in [-0.39, 0.29) is 30.3 Å². The molecule has 0 radical (unpaired) electrons. The van der Waals surface area contributed by atoms with Crippen LogP contribution >= 0.6 is 0 Å². The summed E-state index contributed by atoms with van der Waals surface area (Å²) in [6.45, 7) is 11.8. The molecule has 42 heavy (non-hydrogen) atoms. The molecule has 2 amide bonds. The van der Waals surface area contributed by atoms with E-state index in [1.807, 2.05) is 52.8 Å². The number of alkyl carbamates (subject to hydrolysis) is 1. The van der Waals surface area contributed by atoms with Crippen LogP contribution in [-0.2, 0) is 20.7 Å². The fourth-order valence-corrected chi connectivity index (χ4v) is 6.28. The molecular formula is C32H44N4O6. The zero-order valence-electron chi connectivity index (χ0n) is 25.6. The second-order valence-corrected chi connectivity index (χ2v) is 13.1. The average molecular weight is 581 g/mol. The van der Waals surface area contributed by atoms with Gasteiger partial charge in [0.25, 0.3) is 0 Å². The van der Waals surface area contributed by atoms with Gasteiger partial charge in [0.15, 0.2) is 5.78 Å². The minimum absolute atomic E-state index is 0.117. The number of carbonyl (C=O) groups is 3. The van der Waals surface area contributed by atoms with Crippen LogP contribution in [0, 0.1) is 17.3 Å². The normalized spacial score (nSPS) is 28.9. The Hall–Kier alpha value is -3.43. The van der Waals surface area contributed by atoms with Gasteiger partial charge in [-0.3, -0.25) is 9.59 Å². The number of nitrogens with one attached hydrogen (secondary N) is 1. The quantitative estimate of drug-likeness (QED) is 0.547. The van der Waals surface area contributed by atoms with Crippen LogP contribution in [0.15, 0.2) is 18.2 Å². The second kappa shape index (κ2) is 12.1. The van der Waals surface area contributed by atoms with Crippen molar-refractivity contribution in [1.82, 2.24) is 20.2 Å². The van der Waals surface area contributed by atoms with E-state index >= 15 is 0 Å². The van der Waals surface area contributed by atoms with Crippen LogP contribution in [0.25, 0.3) is 11.0 Å². The number of fused-ring (bicyclic) bond motifs is 5. The minimum atomic E-state index is -0.873. The minimum Gasteiger partial charge on any atom is -0.494 e. The zero-order valence-corrected chi connectivity index (χ0v) is 25.6. The number of aromatic nitrogens is 2. The van der Waals surface area contributed by atoms with Gasteiger partial charge < -0.3 is 24.4 Å². The Balaban J connectivity index is 1.51. The van der Waals surface area contributed by atoms with E-state index in [2.05, 4.69) is 5.32 Å². The Morgan fingerprint density at radius 3 is 2.60 bits per heavy atom. The zero-order chi connectivity index (χ0) is 30.2. The van der Waals surface area contributed by atoms with E-state index in [9.17, 15) is 14.4 Å². The van der Waals surface area contributed by atoms with Gasteiger partial charge in [0, 0.05) is 12.0 Å². The predicted molar refractivity (Wildman–Crippen MR) is 157 cm³/mol. The van der Waals surface area contributed by atoms with Crippen molar-refractivity contribution in [2.24, 2.45) is 17.3 Å². The SMILES string of the molecule is CCOc1ccc2nc3c(nc2c1)O[C@H]1CN(C(=O)[C@H](C(C)(C)C)NC(=O)O[C@@H]2C[C@H]2CCCCC3)[C@H](C(C)=O)[C@@H]1C. The first-order valence-corrected chi connectivity index (χ1v) is 15.3. The fraction of sp³-hybridized carbons (Fsp3) is 0.656. The number of Topliss-reactive ketones (excluding diaryl/α,β-unsaturated/α-hetero) is 1. The Morgan fingerprint density at radius 2 is 1.88 bits per heavy atom. The topological polar surface area (TPSA) is 120 Å². The molecule has 3 aliphatic rings. The first kappa shape index (κ1) is 30.0. The summed E-state index contributed by atoms with van der Waals surface area (Å²) in [5.41, 5.74) is 1.59. The van der Waals surface area contributed by atoms with Crippen LogP contribution in [0.4, 0.5) is 4.79 Å². The lowest BCUT2D eigenvalue weighted by Gasteiger charge is -2.35. The van der Waals surface area contributed by atoms with Crippen molar-refractivity contribution in [3.05, 3.63) is 23.9 Å². The number of benzene rings is 1. The van der Waals surface area contributed by atoms with E-state index in [0.29, 0.717) is 36.1 Å². The Labute approximate surface area is 247 Å². The summed E-state index contributed by atoms with van der Waals surface area (Å²) in [7, 11) is 0. The largest absolute Gasteiger partial charge is 0.494 e. The number of carbonyl (C=O) groups excluding carboxylic acids is 3. The molecule has 1 aromatic carbocycles. The van der Waals surface area contributed by atoms with Crippen molar-refractivity contribution in [2.45, 2.75) is 104 Å². The molecule has 1 aromatic heterocycles. The number of rotatable bonds is 3. The standard InChI is InChI=1S/C32H44N4O6/c1-7-40-21-13-14-22-24(16-21)34-29-23(33-22)12-10-8-9-11-20-15-25(20)42-31(39)35-28(32(4,5)6)30(38)36-17-26(41-29)18(2)27(36)19(3)37/h13-14,16,18,20,25-28H,7-12,15,17H2,1-6H3,(H,35,39)/t18-,20-,25-,26+,27+,28-/m1/s1. The molecule has 1 saturated heterocycles. The molecule has 10 heteroatoms. The van der Waals surface area contributed by atoms with E-state index in [1.54, 1.807) is 4.90 Å². The van der Waals surface area contributed by atoms with Gasteiger partial charge in [-0.15, -0.1) is 0 Å². The number of amides is 2. The summed E-state index contributed by atoms with van der Waals surface area (Å²) in [5.74, 6) is 0.738. The van der Waals surface area contributed by atoms with Crippen LogP contribution in [0.3, 0.4) is 0 Å².